The second kappa shape index (κ2) is 6.48. The van der Waals surface area contributed by atoms with Gasteiger partial charge >= 0.3 is 0 Å². The van der Waals surface area contributed by atoms with Crippen molar-refractivity contribution in [2.24, 2.45) is 0 Å². The lowest BCUT2D eigenvalue weighted by atomic mass is 10.2. The molecule has 120 valence electrons. The van der Waals surface area contributed by atoms with Crippen molar-refractivity contribution in [3.63, 3.8) is 0 Å². The van der Waals surface area contributed by atoms with Crippen molar-refractivity contribution < 1.29 is 14.3 Å². The Hall–Kier alpha value is -2.89. The molecule has 0 fully saturated rings. The van der Waals surface area contributed by atoms with Crippen LogP contribution in [-0.2, 0) is 4.79 Å². The van der Waals surface area contributed by atoms with E-state index in [0.717, 1.165) is 11.4 Å². The molecular weight excluding hydrogens is 294 g/mol. The van der Waals surface area contributed by atoms with Gasteiger partial charge in [0.15, 0.2) is 11.5 Å². The fourth-order valence-corrected chi connectivity index (χ4v) is 2.24. The number of anilines is 3. The maximum atomic E-state index is 12.0. The minimum absolute atomic E-state index is 0.124. The van der Waals surface area contributed by atoms with Gasteiger partial charge < -0.3 is 25.0 Å². The van der Waals surface area contributed by atoms with E-state index in [1.54, 1.807) is 18.2 Å². The topological polar surface area (TPSA) is 62.8 Å². The quantitative estimate of drug-likeness (QED) is 0.888. The van der Waals surface area contributed by atoms with Gasteiger partial charge in [-0.2, -0.15) is 0 Å². The van der Waals surface area contributed by atoms with E-state index >= 15 is 0 Å². The maximum Gasteiger partial charge on any atom is 0.243 e. The van der Waals surface area contributed by atoms with Gasteiger partial charge in [0.05, 0.1) is 6.54 Å². The first-order valence-electron chi connectivity index (χ1n) is 7.32. The fraction of sp³-hybridized carbons (Fsp3) is 0.235. The molecule has 0 saturated carbocycles. The third-order valence-corrected chi connectivity index (χ3v) is 3.49. The number of carbonyl (C=O) groups is 1. The highest BCUT2D eigenvalue weighted by Gasteiger charge is 2.14. The molecule has 0 spiro atoms. The molecule has 23 heavy (non-hydrogen) atoms. The number of hydrogen-bond acceptors (Lipinski definition) is 5. The minimum atomic E-state index is -0.124. The van der Waals surface area contributed by atoms with Crippen LogP contribution in [0.3, 0.4) is 0 Å². The van der Waals surface area contributed by atoms with Gasteiger partial charge in [0, 0.05) is 37.2 Å². The molecule has 0 aliphatic carbocycles. The van der Waals surface area contributed by atoms with Crippen molar-refractivity contribution in [2.75, 3.05) is 43.0 Å². The minimum Gasteiger partial charge on any atom is -0.454 e. The number of nitrogens with one attached hydrogen (secondary N) is 2. The zero-order chi connectivity index (χ0) is 16.2. The van der Waals surface area contributed by atoms with Crippen LogP contribution in [0, 0.1) is 0 Å². The molecule has 1 aliphatic rings. The fourth-order valence-electron chi connectivity index (χ4n) is 2.24. The molecule has 3 rings (SSSR count). The van der Waals surface area contributed by atoms with E-state index in [1.165, 1.54) is 0 Å². The Kier molecular flexibility index (Phi) is 4.23. The second-order valence-electron chi connectivity index (χ2n) is 5.41. The SMILES string of the molecule is CN(C)c1ccc(NCC(=O)Nc2ccc3c(c2)OCO3)cc1. The van der Waals surface area contributed by atoms with E-state index in [4.69, 9.17) is 9.47 Å². The third kappa shape index (κ3) is 3.66. The van der Waals surface area contributed by atoms with Gasteiger partial charge in [-0.1, -0.05) is 0 Å². The summed E-state index contributed by atoms with van der Waals surface area (Å²) in [6.45, 7) is 0.410. The van der Waals surface area contributed by atoms with E-state index in [2.05, 4.69) is 10.6 Å². The molecule has 0 atom stereocenters. The maximum absolute atomic E-state index is 12.0. The van der Waals surface area contributed by atoms with Gasteiger partial charge in [-0.05, 0) is 36.4 Å². The predicted octanol–water partition coefficient (Wildman–Crippen LogP) is 2.53. The van der Waals surface area contributed by atoms with Crippen LogP contribution >= 0.6 is 0 Å². The van der Waals surface area contributed by atoms with Gasteiger partial charge in [-0.3, -0.25) is 4.79 Å². The van der Waals surface area contributed by atoms with Crippen LogP contribution in [-0.4, -0.2) is 33.3 Å². The lowest BCUT2D eigenvalue weighted by Crippen LogP contribution is -2.21. The molecule has 1 heterocycles. The van der Waals surface area contributed by atoms with Crippen molar-refractivity contribution in [3.05, 3.63) is 42.5 Å². The zero-order valence-electron chi connectivity index (χ0n) is 13.1. The van der Waals surface area contributed by atoms with Crippen molar-refractivity contribution in [3.8, 4) is 11.5 Å². The molecule has 1 amide bonds. The van der Waals surface area contributed by atoms with Crippen molar-refractivity contribution in [1.82, 2.24) is 0 Å². The molecule has 0 bridgehead atoms. The smallest absolute Gasteiger partial charge is 0.243 e. The summed E-state index contributed by atoms with van der Waals surface area (Å²) in [6, 6.07) is 13.2. The van der Waals surface area contributed by atoms with Gasteiger partial charge in [-0.15, -0.1) is 0 Å². The number of amides is 1. The molecule has 0 unspecified atom stereocenters. The van der Waals surface area contributed by atoms with E-state index in [9.17, 15) is 4.79 Å². The molecule has 6 nitrogen and oxygen atoms in total. The first-order valence-corrected chi connectivity index (χ1v) is 7.32. The highest BCUT2D eigenvalue weighted by atomic mass is 16.7. The third-order valence-electron chi connectivity index (χ3n) is 3.49. The number of benzene rings is 2. The van der Waals surface area contributed by atoms with Gasteiger partial charge in [0.2, 0.25) is 12.7 Å². The van der Waals surface area contributed by atoms with Crippen molar-refractivity contribution in [2.45, 2.75) is 0 Å². The summed E-state index contributed by atoms with van der Waals surface area (Å²) in [5.41, 5.74) is 2.70. The summed E-state index contributed by atoms with van der Waals surface area (Å²) in [7, 11) is 3.97. The molecule has 2 aromatic carbocycles. The number of nitrogens with zero attached hydrogens (tertiary/aromatic N) is 1. The average Bonchev–Trinajstić information content (AvgIpc) is 3.01. The Labute approximate surface area is 135 Å². The highest BCUT2D eigenvalue weighted by molar-refractivity contribution is 5.94. The first-order chi connectivity index (χ1) is 11.1. The first kappa shape index (κ1) is 15.0. The van der Waals surface area contributed by atoms with Crippen LogP contribution in [0.1, 0.15) is 0 Å². The normalized spacial score (nSPS) is 11.9. The molecule has 0 radical (unpaired) electrons. The molecule has 2 N–H and O–H groups in total. The van der Waals surface area contributed by atoms with Crippen LogP contribution in [0.2, 0.25) is 0 Å². The summed E-state index contributed by atoms with van der Waals surface area (Å²) >= 11 is 0. The second-order valence-corrected chi connectivity index (χ2v) is 5.41. The van der Waals surface area contributed by atoms with E-state index < -0.39 is 0 Å². The Morgan fingerprint density at radius 2 is 1.74 bits per heavy atom. The Balaban J connectivity index is 1.53. The number of ether oxygens (including phenoxy) is 2. The number of fused-ring (bicyclic) bond motifs is 1. The lowest BCUT2D eigenvalue weighted by molar-refractivity contribution is -0.114. The Bertz CT molecular complexity index is 699. The average molecular weight is 313 g/mol. The summed E-state index contributed by atoms with van der Waals surface area (Å²) < 4.78 is 10.5. The largest absolute Gasteiger partial charge is 0.454 e. The molecule has 1 aliphatic heterocycles. The highest BCUT2D eigenvalue weighted by Crippen LogP contribution is 2.34. The number of rotatable bonds is 5. The lowest BCUT2D eigenvalue weighted by Gasteiger charge is -2.13. The number of hydrogen-bond donors (Lipinski definition) is 2. The predicted molar refractivity (Wildman–Crippen MR) is 90.5 cm³/mol. The van der Waals surface area contributed by atoms with E-state index in [-0.39, 0.29) is 19.2 Å². The molecular formula is C17H19N3O3. The molecule has 6 heteroatoms. The monoisotopic (exact) mass is 313 g/mol. The van der Waals surface area contributed by atoms with Crippen molar-refractivity contribution >= 4 is 23.0 Å². The Morgan fingerprint density at radius 3 is 2.48 bits per heavy atom. The summed E-state index contributed by atoms with van der Waals surface area (Å²) in [6.07, 6.45) is 0. The molecule has 0 aromatic heterocycles. The molecule has 2 aromatic rings. The van der Waals surface area contributed by atoms with Gasteiger partial charge in [-0.25, -0.2) is 0 Å². The Morgan fingerprint density at radius 1 is 1.04 bits per heavy atom. The number of carbonyl (C=O) groups excluding carboxylic acids is 1. The van der Waals surface area contributed by atoms with E-state index in [0.29, 0.717) is 17.2 Å². The van der Waals surface area contributed by atoms with Crippen LogP contribution in [0.25, 0.3) is 0 Å². The van der Waals surface area contributed by atoms with Crippen LogP contribution in [0.15, 0.2) is 42.5 Å². The standard InChI is InChI=1S/C17H19N3O3/c1-20(2)14-6-3-12(4-7-14)18-10-17(21)19-13-5-8-15-16(9-13)23-11-22-15/h3-9,18H,10-11H2,1-2H3,(H,19,21). The van der Waals surface area contributed by atoms with E-state index in [1.807, 2.05) is 43.3 Å². The van der Waals surface area contributed by atoms with Crippen molar-refractivity contribution in [1.29, 1.82) is 0 Å². The van der Waals surface area contributed by atoms with Gasteiger partial charge in [0.1, 0.15) is 0 Å². The zero-order valence-corrected chi connectivity index (χ0v) is 13.1. The van der Waals surface area contributed by atoms with Crippen LogP contribution in [0.5, 0.6) is 11.5 Å². The van der Waals surface area contributed by atoms with Crippen LogP contribution in [0.4, 0.5) is 17.1 Å². The van der Waals surface area contributed by atoms with Crippen LogP contribution < -0.4 is 25.0 Å². The summed E-state index contributed by atoms with van der Waals surface area (Å²) in [4.78, 5) is 14.0. The molecule has 0 saturated heterocycles. The van der Waals surface area contributed by atoms with Gasteiger partial charge in [0.25, 0.3) is 0 Å². The summed E-state index contributed by atoms with van der Waals surface area (Å²) in [5, 5.41) is 5.92. The summed E-state index contributed by atoms with van der Waals surface area (Å²) in [5.74, 6) is 1.22.